The second-order valence-electron chi connectivity index (χ2n) is 6.44. The second-order valence-corrected chi connectivity index (χ2v) is 6.44. The number of fused-ring (bicyclic) bond motifs is 1. The van der Waals surface area contributed by atoms with Crippen molar-refractivity contribution in [2.45, 2.75) is 6.92 Å². The number of pyridine rings is 1. The molecule has 0 aliphatic heterocycles. The molecular weight excluding hydrogens is 372 g/mol. The van der Waals surface area contributed by atoms with Crippen LogP contribution in [0.5, 0.6) is 0 Å². The van der Waals surface area contributed by atoms with Crippen LogP contribution in [-0.2, 0) is 0 Å². The zero-order chi connectivity index (χ0) is 20.5. The molecule has 0 saturated carbocycles. The van der Waals surface area contributed by atoms with E-state index in [1.807, 2.05) is 0 Å². The molecule has 0 fully saturated rings. The van der Waals surface area contributed by atoms with E-state index in [-0.39, 0.29) is 5.56 Å². The Hall–Kier alpha value is -4.05. The van der Waals surface area contributed by atoms with E-state index in [2.05, 4.69) is 20.9 Å². The lowest BCUT2D eigenvalue weighted by atomic mass is 10.0. The van der Waals surface area contributed by atoms with Gasteiger partial charge in [0.2, 0.25) is 0 Å². The fraction of sp³-hybridized carbons (Fsp3) is 0.0455. The van der Waals surface area contributed by atoms with Crippen LogP contribution in [0.3, 0.4) is 0 Å². The number of hydrogen-bond donors (Lipinski definition) is 1. The normalized spacial score (nSPS) is 11.6. The first-order valence-electron chi connectivity index (χ1n) is 8.66. The predicted octanol–water partition coefficient (Wildman–Crippen LogP) is 4.36. The van der Waals surface area contributed by atoms with Crippen LogP contribution in [0, 0.1) is 24.0 Å². The molecule has 0 aliphatic rings. The first kappa shape index (κ1) is 18.3. The second kappa shape index (κ2) is 7.17. The van der Waals surface area contributed by atoms with Gasteiger partial charge in [0.05, 0.1) is 17.2 Å². The molecule has 0 atom stereocenters. The number of hydrogen-bond acceptors (Lipinski definition) is 3. The summed E-state index contributed by atoms with van der Waals surface area (Å²) in [7, 11) is 0. The predicted molar refractivity (Wildman–Crippen MR) is 109 cm³/mol. The van der Waals surface area contributed by atoms with Crippen LogP contribution in [0.2, 0.25) is 0 Å². The molecule has 0 spiro atoms. The summed E-state index contributed by atoms with van der Waals surface area (Å²) in [4.78, 5) is 13.0. The van der Waals surface area contributed by atoms with Gasteiger partial charge in [0, 0.05) is 23.4 Å². The summed E-state index contributed by atoms with van der Waals surface area (Å²) in [5.74, 6) is 1.55. The van der Waals surface area contributed by atoms with Crippen molar-refractivity contribution in [1.29, 1.82) is 0 Å². The summed E-state index contributed by atoms with van der Waals surface area (Å²) >= 11 is 0. The number of nitrogens with two attached hydrogens (primary N) is 1. The van der Waals surface area contributed by atoms with Gasteiger partial charge in [-0.2, -0.15) is 0 Å². The number of amidine groups is 1. The van der Waals surface area contributed by atoms with Crippen molar-refractivity contribution in [2.24, 2.45) is 10.7 Å². The molecule has 0 radical (unpaired) electrons. The van der Waals surface area contributed by atoms with Gasteiger partial charge in [-0.1, -0.05) is 5.92 Å². The molecule has 0 aliphatic carbocycles. The summed E-state index contributed by atoms with van der Waals surface area (Å²) in [6.07, 6.45) is 8.60. The first-order valence-corrected chi connectivity index (χ1v) is 8.66. The van der Waals surface area contributed by atoms with Gasteiger partial charge >= 0.3 is 0 Å². The molecule has 0 saturated heterocycles. The molecule has 4 rings (SSSR count). The summed E-state index contributed by atoms with van der Waals surface area (Å²) in [5.41, 5.74) is 9.48. The number of terminal acetylenes is 1. The average molecular weight is 387 g/mol. The zero-order valence-corrected chi connectivity index (χ0v) is 15.4. The third-order valence-corrected chi connectivity index (χ3v) is 4.28. The molecule has 2 aromatic heterocycles. The summed E-state index contributed by atoms with van der Waals surface area (Å²) in [6.45, 7) is 1.65. The van der Waals surface area contributed by atoms with Gasteiger partial charge in [-0.25, -0.2) is 23.7 Å². The Morgan fingerprint density at radius 1 is 1.14 bits per heavy atom. The third-order valence-electron chi connectivity index (χ3n) is 4.28. The smallest absolute Gasteiger partial charge is 0.164 e. The molecule has 2 N–H and O–H groups in total. The maximum absolute atomic E-state index is 14.4. The minimum absolute atomic E-state index is 0.242. The highest BCUT2D eigenvalue weighted by Gasteiger charge is 2.12. The topological polar surface area (TPSA) is 69.1 Å². The number of aliphatic imine (C=N–C) groups is 1. The molecule has 0 amide bonds. The highest BCUT2D eigenvalue weighted by molar-refractivity contribution is 5.83. The monoisotopic (exact) mass is 387 g/mol. The maximum Gasteiger partial charge on any atom is 0.164 e. The van der Waals surface area contributed by atoms with Crippen molar-refractivity contribution in [1.82, 2.24) is 14.5 Å². The SMILES string of the molecule is C#Cc1cnc2c(c1)ncn2-c1cc(N=C(C)N)cc(-c2ccc(F)cc2F)c1. The number of benzene rings is 2. The molecule has 4 aromatic rings. The highest BCUT2D eigenvalue weighted by atomic mass is 19.1. The van der Waals surface area contributed by atoms with Crippen molar-refractivity contribution < 1.29 is 8.78 Å². The molecule has 7 heteroatoms. The molecule has 0 unspecified atom stereocenters. The molecule has 142 valence electrons. The lowest BCUT2D eigenvalue weighted by Crippen LogP contribution is -2.04. The van der Waals surface area contributed by atoms with Gasteiger partial charge in [-0.15, -0.1) is 6.42 Å². The van der Waals surface area contributed by atoms with Crippen LogP contribution in [0.1, 0.15) is 12.5 Å². The van der Waals surface area contributed by atoms with E-state index in [4.69, 9.17) is 12.2 Å². The van der Waals surface area contributed by atoms with E-state index in [1.54, 1.807) is 48.3 Å². The zero-order valence-electron chi connectivity index (χ0n) is 15.4. The summed E-state index contributed by atoms with van der Waals surface area (Å²) in [6, 6.07) is 10.4. The number of rotatable bonds is 3. The van der Waals surface area contributed by atoms with E-state index in [0.717, 1.165) is 6.07 Å². The van der Waals surface area contributed by atoms with Crippen LogP contribution >= 0.6 is 0 Å². The van der Waals surface area contributed by atoms with Crippen LogP contribution in [0.4, 0.5) is 14.5 Å². The number of imidazole rings is 1. The Kier molecular flexibility index (Phi) is 4.53. The summed E-state index contributed by atoms with van der Waals surface area (Å²) in [5, 5.41) is 0. The van der Waals surface area contributed by atoms with Crippen LogP contribution < -0.4 is 5.73 Å². The van der Waals surface area contributed by atoms with Crippen molar-refractivity contribution >= 4 is 22.7 Å². The highest BCUT2D eigenvalue weighted by Crippen LogP contribution is 2.31. The van der Waals surface area contributed by atoms with Gasteiger partial charge in [0.1, 0.15) is 23.5 Å². The Labute approximate surface area is 165 Å². The standard InChI is InChI=1S/C22H15F2N5/c1-3-14-6-21-22(26-11-14)29(12-27-21)18-8-15(7-17(10-18)28-13(2)25)19-5-4-16(23)9-20(19)24/h1,4-12H,2H3,(H2,25,28). The maximum atomic E-state index is 14.4. The van der Waals surface area contributed by atoms with E-state index in [1.165, 1.54) is 12.1 Å². The quantitative estimate of drug-likeness (QED) is 0.323. The molecule has 0 bridgehead atoms. The van der Waals surface area contributed by atoms with Crippen molar-refractivity contribution in [2.75, 3.05) is 0 Å². The fourth-order valence-corrected chi connectivity index (χ4v) is 3.05. The van der Waals surface area contributed by atoms with Gasteiger partial charge < -0.3 is 5.73 Å². The largest absolute Gasteiger partial charge is 0.387 e. The Morgan fingerprint density at radius 2 is 1.97 bits per heavy atom. The van der Waals surface area contributed by atoms with E-state index in [9.17, 15) is 8.78 Å². The van der Waals surface area contributed by atoms with E-state index >= 15 is 0 Å². The fourth-order valence-electron chi connectivity index (χ4n) is 3.05. The number of halogens is 2. The number of aromatic nitrogens is 3. The molecular formula is C22H15F2N5. The third kappa shape index (κ3) is 3.56. The molecule has 29 heavy (non-hydrogen) atoms. The number of nitrogens with zero attached hydrogens (tertiary/aromatic N) is 4. The summed E-state index contributed by atoms with van der Waals surface area (Å²) < 4.78 is 29.5. The first-order chi connectivity index (χ1) is 13.9. The van der Waals surface area contributed by atoms with E-state index < -0.39 is 11.6 Å². The van der Waals surface area contributed by atoms with Gasteiger partial charge in [-0.05, 0) is 48.9 Å². The van der Waals surface area contributed by atoms with Crippen molar-refractivity contribution in [3.8, 4) is 29.2 Å². The van der Waals surface area contributed by atoms with Crippen LogP contribution in [0.15, 0.2) is 60.0 Å². The van der Waals surface area contributed by atoms with E-state index in [0.29, 0.717) is 39.5 Å². The Bertz CT molecular complexity index is 1310. The average Bonchev–Trinajstić information content (AvgIpc) is 3.10. The van der Waals surface area contributed by atoms with Gasteiger partial charge in [0.25, 0.3) is 0 Å². The minimum atomic E-state index is -0.672. The lowest BCUT2D eigenvalue weighted by molar-refractivity contribution is 0.585. The minimum Gasteiger partial charge on any atom is -0.387 e. The lowest BCUT2D eigenvalue weighted by Gasteiger charge is -2.10. The van der Waals surface area contributed by atoms with Gasteiger partial charge in [-0.3, -0.25) is 4.57 Å². The Balaban J connectivity index is 1.94. The Morgan fingerprint density at radius 3 is 2.69 bits per heavy atom. The molecule has 2 aromatic carbocycles. The van der Waals surface area contributed by atoms with Crippen molar-refractivity contribution in [3.63, 3.8) is 0 Å². The van der Waals surface area contributed by atoms with Crippen LogP contribution in [-0.4, -0.2) is 20.4 Å². The molecule has 2 heterocycles. The van der Waals surface area contributed by atoms with Crippen molar-refractivity contribution in [3.05, 3.63) is 72.2 Å². The van der Waals surface area contributed by atoms with Crippen LogP contribution in [0.25, 0.3) is 28.0 Å². The van der Waals surface area contributed by atoms with Gasteiger partial charge in [0.15, 0.2) is 5.65 Å². The molecule has 5 nitrogen and oxygen atoms in total.